The second-order valence-corrected chi connectivity index (χ2v) is 8.51. The zero-order chi connectivity index (χ0) is 17.1. The van der Waals surface area contributed by atoms with E-state index in [9.17, 15) is 5.11 Å². The molecular formula is C21H30O3. The van der Waals surface area contributed by atoms with Gasteiger partial charge in [0.15, 0.2) is 0 Å². The predicted molar refractivity (Wildman–Crippen MR) is 94.7 cm³/mol. The minimum Gasteiger partial charge on any atom is -0.497 e. The molecule has 4 rings (SSSR count). The third-order valence-corrected chi connectivity index (χ3v) is 7.51. The molecule has 1 N–H and O–H groups in total. The Kier molecular flexibility index (Phi) is 3.83. The number of aliphatic hydroxyl groups excluding tert-OH is 1. The summed E-state index contributed by atoms with van der Waals surface area (Å²) in [7, 11) is 3.50. The maximum atomic E-state index is 10.6. The van der Waals surface area contributed by atoms with Gasteiger partial charge in [-0.15, -0.1) is 0 Å². The van der Waals surface area contributed by atoms with E-state index in [1.807, 2.05) is 6.07 Å². The Labute approximate surface area is 145 Å². The van der Waals surface area contributed by atoms with Gasteiger partial charge in [-0.3, -0.25) is 0 Å². The maximum absolute atomic E-state index is 10.6. The Hall–Kier alpha value is -1.22. The highest BCUT2D eigenvalue weighted by atomic mass is 16.5. The normalized spacial score (nSPS) is 40.5. The number of rotatable bonds is 2. The molecule has 2 fully saturated rings. The Morgan fingerprint density at radius 1 is 1.12 bits per heavy atom. The molecular weight excluding hydrogens is 300 g/mol. The van der Waals surface area contributed by atoms with Gasteiger partial charge < -0.3 is 14.6 Å². The SMILES string of the molecule is COc1cc2c(c(OC)c1)[C@H]1CC[C@]3(C)[C@@H](O)CC[C@H]3[C@@H]1[C@H](C)C2. The topological polar surface area (TPSA) is 38.7 Å². The average Bonchev–Trinajstić information content (AvgIpc) is 2.88. The molecule has 3 heteroatoms. The lowest BCUT2D eigenvalue weighted by atomic mass is 9.52. The molecule has 0 spiro atoms. The summed E-state index contributed by atoms with van der Waals surface area (Å²) in [6.07, 6.45) is 5.42. The van der Waals surface area contributed by atoms with Crippen molar-refractivity contribution in [2.45, 2.75) is 58.0 Å². The number of hydrogen-bond donors (Lipinski definition) is 1. The summed E-state index contributed by atoms with van der Waals surface area (Å²) in [5.74, 6) is 4.40. The second kappa shape index (κ2) is 5.66. The number of methoxy groups -OCH3 is 2. The molecule has 0 unspecified atom stereocenters. The van der Waals surface area contributed by atoms with Crippen LogP contribution in [-0.4, -0.2) is 25.4 Å². The van der Waals surface area contributed by atoms with Crippen molar-refractivity contribution in [1.29, 1.82) is 0 Å². The van der Waals surface area contributed by atoms with Crippen molar-refractivity contribution in [2.75, 3.05) is 14.2 Å². The molecule has 2 saturated carbocycles. The second-order valence-electron chi connectivity index (χ2n) is 8.51. The molecule has 0 aliphatic heterocycles. The van der Waals surface area contributed by atoms with Crippen molar-refractivity contribution in [3.05, 3.63) is 23.3 Å². The molecule has 24 heavy (non-hydrogen) atoms. The van der Waals surface area contributed by atoms with Crippen LogP contribution >= 0.6 is 0 Å². The summed E-state index contributed by atoms with van der Waals surface area (Å²) >= 11 is 0. The Morgan fingerprint density at radius 3 is 2.62 bits per heavy atom. The minimum atomic E-state index is -0.116. The monoisotopic (exact) mass is 330 g/mol. The van der Waals surface area contributed by atoms with Crippen LogP contribution in [0.15, 0.2) is 12.1 Å². The van der Waals surface area contributed by atoms with E-state index in [4.69, 9.17) is 9.47 Å². The highest BCUT2D eigenvalue weighted by molar-refractivity contribution is 5.51. The first-order valence-corrected chi connectivity index (χ1v) is 9.42. The molecule has 3 aliphatic rings. The number of benzene rings is 1. The average molecular weight is 330 g/mol. The summed E-state index contributed by atoms with van der Waals surface area (Å²) in [5.41, 5.74) is 2.94. The summed E-state index contributed by atoms with van der Waals surface area (Å²) in [6, 6.07) is 4.26. The number of aliphatic hydroxyl groups is 1. The van der Waals surface area contributed by atoms with Gasteiger partial charge in [0, 0.05) is 11.6 Å². The quantitative estimate of drug-likeness (QED) is 0.884. The molecule has 1 aromatic carbocycles. The minimum absolute atomic E-state index is 0.116. The molecule has 132 valence electrons. The zero-order valence-corrected chi connectivity index (χ0v) is 15.3. The van der Waals surface area contributed by atoms with Crippen LogP contribution in [0, 0.1) is 23.2 Å². The fourth-order valence-electron chi connectivity index (χ4n) is 6.31. The van der Waals surface area contributed by atoms with Crippen molar-refractivity contribution in [1.82, 2.24) is 0 Å². The molecule has 0 heterocycles. The van der Waals surface area contributed by atoms with E-state index in [2.05, 4.69) is 19.9 Å². The number of hydrogen-bond acceptors (Lipinski definition) is 3. The van der Waals surface area contributed by atoms with Crippen molar-refractivity contribution in [3.8, 4) is 11.5 Å². The summed E-state index contributed by atoms with van der Waals surface area (Å²) < 4.78 is 11.2. The predicted octanol–water partition coefficient (Wildman–Crippen LogP) is 4.17. The van der Waals surface area contributed by atoms with Crippen molar-refractivity contribution in [2.24, 2.45) is 23.2 Å². The molecule has 0 radical (unpaired) electrons. The van der Waals surface area contributed by atoms with E-state index in [-0.39, 0.29) is 11.5 Å². The number of fused-ring (bicyclic) bond motifs is 5. The van der Waals surface area contributed by atoms with Crippen LogP contribution in [0.2, 0.25) is 0 Å². The first-order chi connectivity index (χ1) is 11.5. The molecule has 3 nitrogen and oxygen atoms in total. The van der Waals surface area contributed by atoms with Crippen LogP contribution in [0.3, 0.4) is 0 Å². The Morgan fingerprint density at radius 2 is 1.92 bits per heavy atom. The zero-order valence-electron chi connectivity index (χ0n) is 15.3. The highest BCUT2D eigenvalue weighted by Crippen LogP contribution is 2.63. The molecule has 1 aromatic rings. The Bertz CT molecular complexity index is 640. The van der Waals surface area contributed by atoms with Crippen molar-refractivity contribution < 1.29 is 14.6 Å². The van der Waals surface area contributed by atoms with Gasteiger partial charge in [-0.05, 0) is 72.8 Å². The van der Waals surface area contributed by atoms with Crippen LogP contribution in [0.1, 0.15) is 56.6 Å². The van der Waals surface area contributed by atoms with E-state index in [1.54, 1.807) is 14.2 Å². The van der Waals surface area contributed by atoms with E-state index in [0.29, 0.717) is 23.7 Å². The summed E-state index contributed by atoms with van der Waals surface area (Å²) in [5, 5.41) is 10.6. The van der Waals surface area contributed by atoms with Crippen LogP contribution < -0.4 is 9.47 Å². The third-order valence-electron chi connectivity index (χ3n) is 7.51. The van der Waals surface area contributed by atoms with Crippen LogP contribution in [0.4, 0.5) is 0 Å². The van der Waals surface area contributed by atoms with Crippen molar-refractivity contribution in [3.63, 3.8) is 0 Å². The highest BCUT2D eigenvalue weighted by Gasteiger charge is 2.56. The fraction of sp³-hybridized carbons (Fsp3) is 0.714. The van der Waals surface area contributed by atoms with E-state index in [1.165, 1.54) is 17.5 Å². The van der Waals surface area contributed by atoms with Gasteiger partial charge in [-0.1, -0.05) is 13.8 Å². The summed E-state index contributed by atoms with van der Waals surface area (Å²) in [4.78, 5) is 0. The largest absolute Gasteiger partial charge is 0.497 e. The smallest absolute Gasteiger partial charge is 0.126 e. The first-order valence-electron chi connectivity index (χ1n) is 9.42. The van der Waals surface area contributed by atoms with Gasteiger partial charge in [0.25, 0.3) is 0 Å². The lowest BCUT2D eigenvalue weighted by Crippen LogP contribution is -2.46. The lowest BCUT2D eigenvalue weighted by molar-refractivity contribution is -0.0359. The van der Waals surface area contributed by atoms with Crippen LogP contribution in [-0.2, 0) is 6.42 Å². The third kappa shape index (κ3) is 2.13. The van der Waals surface area contributed by atoms with Crippen LogP contribution in [0.25, 0.3) is 0 Å². The van der Waals surface area contributed by atoms with E-state index >= 15 is 0 Å². The lowest BCUT2D eigenvalue weighted by Gasteiger charge is -2.52. The van der Waals surface area contributed by atoms with Crippen LogP contribution in [0.5, 0.6) is 11.5 Å². The van der Waals surface area contributed by atoms with Gasteiger partial charge in [0.05, 0.1) is 20.3 Å². The molecule has 0 aromatic heterocycles. The molecule has 0 bridgehead atoms. The standard InChI is InChI=1S/C21H30O3/c1-12-9-13-10-14(23-3)11-17(24-4)20(13)15-7-8-21(2)16(19(12)15)5-6-18(21)22/h10-12,15-16,18-19,22H,5-9H2,1-4H3/t12-,15+,16+,18+,19-,21+/m1/s1. The molecule has 0 saturated heterocycles. The maximum Gasteiger partial charge on any atom is 0.126 e. The van der Waals surface area contributed by atoms with Gasteiger partial charge in [0.1, 0.15) is 11.5 Å². The van der Waals surface area contributed by atoms with Gasteiger partial charge >= 0.3 is 0 Å². The van der Waals surface area contributed by atoms with Crippen molar-refractivity contribution >= 4 is 0 Å². The molecule has 0 amide bonds. The van der Waals surface area contributed by atoms with E-state index in [0.717, 1.165) is 37.2 Å². The number of ether oxygens (including phenoxy) is 2. The first kappa shape index (κ1) is 16.3. The van der Waals surface area contributed by atoms with Gasteiger partial charge in [0.2, 0.25) is 0 Å². The Balaban J connectivity index is 1.79. The fourth-order valence-corrected chi connectivity index (χ4v) is 6.31. The van der Waals surface area contributed by atoms with Gasteiger partial charge in [-0.25, -0.2) is 0 Å². The van der Waals surface area contributed by atoms with E-state index < -0.39 is 0 Å². The summed E-state index contributed by atoms with van der Waals surface area (Å²) in [6.45, 7) is 4.74. The van der Waals surface area contributed by atoms with Gasteiger partial charge in [-0.2, -0.15) is 0 Å². The molecule has 6 atom stereocenters. The molecule has 3 aliphatic carbocycles.